The molecule has 0 amide bonds. The monoisotopic (exact) mass is 194 g/mol. The van der Waals surface area contributed by atoms with Crippen molar-refractivity contribution in [2.45, 2.75) is 39.3 Å². The maximum absolute atomic E-state index is 5.48. The zero-order chi connectivity index (χ0) is 10.6. The largest absolute Gasteiger partial charge is 0.296 e. The van der Waals surface area contributed by atoms with Gasteiger partial charge in [0.15, 0.2) is 0 Å². The van der Waals surface area contributed by atoms with Crippen LogP contribution in [0.4, 0.5) is 0 Å². The smallest absolute Gasteiger partial charge is 0.0813 e. The van der Waals surface area contributed by atoms with Crippen LogP contribution in [-0.4, -0.2) is 10.6 Å². The van der Waals surface area contributed by atoms with Crippen LogP contribution in [0.25, 0.3) is 0 Å². The first-order valence-corrected chi connectivity index (χ1v) is 4.82. The Morgan fingerprint density at radius 2 is 1.86 bits per heavy atom. The molecule has 0 spiro atoms. The molecule has 14 heavy (non-hydrogen) atoms. The third-order valence-corrected chi connectivity index (χ3v) is 1.75. The Morgan fingerprint density at radius 1 is 1.29 bits per heavy atom. The highest BCUT2D eigenvalue weighted by Crippen LogP contribution is 2.13. The average molecular weight is 194 g/mol. The molecule has 0 aliphatic carbocycles. The summed E-state index contributed by atoms with van der Waals surface area (Å²) in [5.74, 6) is 0. The maximum Gasteiger partial charge on any atom is 0.0813 e. The van der Waals surface area contributed by atoms with Crippen LogP contribution in [0.3, 0.4) is 0 Å². The number of nitrogens with zero attached hydrogens (tertiary/aromatic N) is 1. The van der Waals surface area contributed by atoms with Gasteiger partial charge < -0.3 is 0 Å². The van der Waals surface area contributed by atoms with E-state index >= 15 is 0 Å². The lowest BCUT2D eigenvalue weighted by Crippen LogP contribution is -2.30. The fraction of sp³-hybridized carbons (Fsp3) is 0.545. The minimum Gasteiger partial charge on any atom is -0.296 e. The SMILES string of the molecule is CC(NOC(C)(C)C)c1ccncc1. The zero-order valence-corrected chi connectivity index (χ0v) is 9.24. The first-order valence-electron chi connectivity index (χ1n) is 4.82. The van der Waals surface area contributed by atoms with Crippen LogP contribution >= 0.6 is 0 Å². The molecule has 0 saturated carbocycles. The summed E-state index contributed by atoms with van der Waals surface area (Å²) in [6.07, 6.45) is 3.56. The number of pyridine rings is 1. The molecule has 1 heterocycles. The normalized spacial score (nSPS) is 14.0. The van der Waals surface area contributed by atoms with Crippen LogP contribution in [0, 0.1) is 0 Å². The zero-order valence-electron chi connectivity index (χ0n) is 9.24. The van der Waals surface area contributed by atoms with E-state index in [1.54, 1.807) is 12.4 Å². The topological polar surface area (TPSA) is 34.1 Å². The summed E-state index contributed by atoms with van der Waals surface area (Å²) in [5, 5.41) is 0. The highest BCUT2D eigenvalue weighted by Gasteiger charge is 2.13. The minimum absolute atomic E-state index is 0.165. The Kier molecular flexibility index (Phi) is 3.61. The quantitative estimate of drug-likeness (QED) is 0.750. The summed E-state index contributed by atoms with van der Waals surface area (Å²) in [4.78, 5) is 9.44. The number of hydroxylamine groups is 1. The molecule has 1 atom stereocenters. The Bertz CT molecular complexity index is 266. The second kappa shape index (κ2) is 4.53. The molecule has 1 rings (SSSR count). The summed E-state index contributed by atoms with van der Waals surface area (Å²) < 4.78 is 0. The summed E-state index contributed by atoms with van der Waals surface area (Å²) >= 11 is 0. The van der Waals surface area contributed by atoms with Crippen LogP contribution in [0.1, 0.15) is 39.3 Å². The van der Waals surface area contributed by atoms with Gasteiger partial charge in [0.2, 0.25) is 0 Å². The van der Waals surface area contributed by atoms with Gasteiger partial charge in [-0.2, -0.15) is 5.48 Å². The Hall–Kier alpha value is -0.930. The molecule has 0 radical (unpaired) electrons. The molecule has 0 bridgehead atoms. The fourth-order valence-corrected chi connectivity index (χ4v) is 0.985. The van der Waals surface area contributed by atoms with Gasteiger partial charge in [-0.3, -0.25) is 9.82 Å². The van der Waals surface area contributed by atoms with Gasteiger partial charge in [-0.15, -0.1) is 0 Å². The van der Waals surface area contributed by atoms with E-state index in [0.29, 0.717) is 0 Å². The second-order valence-electron chi connectivity index (χ2n) is 4.33. The Balaban J connectivity index is 2.48. The molecule has 3 heteroatoms. The molecule has 0 aliphatic rings. The Labute approximate surface area is 85.5 Å². The van der Waals surface area contributed by atoms with Crippen LogP contribution < -0.4 is 5.48 Å². The van der Waals surface area contributed by atoms with Crippen molar-refractivity contribution in [3.63, 3.8) is 0 Å². The molecule has 1 aromatic heterocycles. The number of nitrogens with one attached hydrogen (secondary N) is 1. The minimum atomic E-state index is -0.165. The van der Waals surface area contributed by atoms with E-state index < -0.39 is 0 Å². The lowest BCUT2D eigenvalue weighted by molar-refractivity contribution is -0.0866. The Morgan fingerprint density at radius 3 is 2.36 bits per heavy atom. The van der Waals surface area contributed by atoms with E-state index in [-0.39, 0.29) is 11.6 Å². The van der Waals surface area contributed by atoms with Gasteiger partial charge in [0.05, 0.1) is 11.6 Å². The van der Waals surface area contributed by atoms with Crippen LogP contribution in [-0.2, 0) is 4.84 Å². The molecule has 1 aromatic rings. The van der Waals surface area contributed by atoms with Crippen molar-refractivity contribution < 1.29 is 4.84 Å². The number of aromatic nitrogens is 1. The van der Waals surface area contributed by atoms with Gasteiger partial charge >= 0.3 is 0 Å². The molecule has 0 aliphatic heterocycles. The van der Waals surface area contributed by atoms with Gasteiger partial charge in [-0.1, -0.05) is 0 Å². The van der Waals surface area contributed by atoms with E-state index in [9.17, 15) is 0 Å². The summed E-state index contributed by atoms with van der Waals surface area (Å²) in [6, 6.07) is 4.13. The first-order chi connectivity index (χ1) is 6.49. The average Bonchev–Trinajstić information content (AvgIpc) is 2.14. The van der Waals surface area contributed by atoms with Gasteiger partial charge in [0.25, 0.3) is 0 Å². The van der Waals surface area contributed by atoms with E-state index in [1.807, 2.05) is 32.9 Å². The second-order valence-corrected chi connectivity index (χ2v) is 4.33. The number of rotatable bonds is 3. The van der Waals surface area contributed by atoms with Crippen molar-refractivity contribution in [1.29, 1.82) is 0 Å². The predicted octanol–water partition coefficient (Wildman–Crippen LogP) is 2.46. The van der Waals surface area contributed by atoms with Gasteiger partial charge in [0.1, 0.15) is 0 Å². The molecule has 78 valence electrons. The highest BCUT2D eigenvalue weighted by molar-refractivity contribution is 5.13. The number of hydrogen-bond donors (Lipinski definition) is 1. The summed E-state index contributed by atoms with van der Waals surface area (Å²) in [6.45, 7) is 8.10. The van der Waals surface area contributed by atoms with Crippen molar-refractivity contribution in [2.24, 2.45) is 0 Å². The van der Waals surface area contributed by atoms with Gasteiger partial charge in [-0.25, -0.2) is 0 Å². The molecule has 3 nitrogen and oxygen atoms in total. The summed E-state index contributed by atoms with van der Waals surface area (Å²) in [5.41, 5.74) is 4.02. The van der Waals surface area contributed by atoms with E-state index in [1.165, 1.54) is 5.56 Å². The number of hydrogen-bond acceptors (Lipinski definition) is 3. The first kappa shape index (κ1) is 11.1. The van der Waals surface area contributed by atoms with E-state index in [0.717, 1.165) is 0 Å². The standard InChI is InChI=1S/C11H18N2O/c1-9(13-14-11(2,3)4)10-5-7-12-8-6-10/h5-9,13H,1-4H3. The molecular formula is C11H18N2O. The highest BCUT2D eigenvalue weighted by atomic mass is 16.7. The summed E-state index contributed by atoms with van der Waals surface area (Å²) in [7, 11) is 0. The van der Waals surface area contributed by atoms with Crippen molar-refractivity contribution >= 4 is 0 Å². The van der Waals surface area contributed by atoms with Crippen molar-refractivity contribution in [1.82, 2.24) is 10.5 Å². The molecular weight excluding hydrogens is 176 g/mol. The molecule has 0 aromatic carbocycles. The van der Waals surface area contributed by atoms with Gasteiger partial charge in [0, 0.05) is 12.4 Å². The molecule has 1 unspecified atom stereocenters. The van der Waals surface area contributed by atoms with Crippen LogP contribution in [0.2, 0.25) is 0 Å². The van der Waals surface area contributed by atoms with Crippen molar-refractivity contribution in [3.8, 4) is 0 Å². The molecule has 1 N–H and O–H groups in total. The maximum atomic E-state index is 5.48. The molecule has 0 saturated heterocycles. The lowest BCUT2D eigenvalue weighted by Gasteiger charge is -2.23. The molecule has 0 fully saturated rings. The van der Waals surface area contributed by atoms with Crippen LogP contribution in [0.5, 0.6) is 0 Å². The predicted molar refractivity (Wildman–Crippen MR) is 56.6 cm³/mol. The fourth-order valence-electron chi connectivity index (χ4n) is 0.985. The van der Waals surface area contributed by atoms with Gasteiger partial charge in [-0.05, 0) is 45.4 Å². The van der Waals surface area contributed by atoms with Crippen molar-refractivity contribution in [2.75, 3.05) is 0 Å². The third-order valence-electron chi connectivity index (χ3n) is 1.75. The van der Waals surface area contributed by atoms with E-state index in [4.69, 9.17) is 4.84 Å². The third kappa shape index (κ3) is 3.85. The van der Waals surface area contributed by atoms with E-state index in [2.05, 4.69) is 17.4 Å². The van der Waals surface area contributed by atoms with Crippen molar-refractivity contribution in [3.05, 3.63) is 30.1 Å². The lowest BCUT2D eigenvalue weighted by atomic mass is 10.1. The van der Waals surface area contributed by atoms with Crippen LogP contribution in [0.15, 0.2) is 24.5 Å².